The van der Waals surface area contributed by atoms with Crippen LogP contribution in [0.4, 0.5) is 14.5 Å². The number of benzene rings is 2. The van der Waals surface area contributed by atoms with Crippen LogP contribution in [0.25, 0.3) is 0 Å². The minimum atomic E-state index is -1.07. The van der Waals surface area contributed by atoms with Crippen molar-refractivity contribution < 1.29 is 28.0 Å². The zero-order chi connectivity index (χ0) is 16.3. The Labute approximate surface area is 123 Å². The summed E-state index contributed by atoms with van der Waals surface area (Å²) in [6, 6.07) is 5.56. The van der Waals surface area contributed by atoms with E-state index in [-0.39, 0.29) is 22.7 Å². The Morgan fingerprint density at radius 3 is 2.27 bits per heavy atom. The minimum absolute atomic E-state index is 0.0656. The molecule has 0 aliphatic heterocycles. The quantitative estimate of drug-likeness (QED) is 0.375. The molecule has 6 nitrogen and oxygen atoms in total. The second kappa shape index (κ2) is 6.17. The lowest BCUT2D eigenvalue weighted by atomic mass is 10.2. The molecule has 0 heterocycles. The molecule has 0 amide bonds. The van der Waals surface area contributed by atoms with Crippen LogP contribution in [0.5, 0.6) is 11.5 Å². The first-order valence-electron chi connectivity index (χ1n) is 5.91. The molecule has 0 N–H and O–H groups in total. The predicted molar refractivity (Wildman–Crippen MR) is 71.0 cm³/mol. The summed E-state index contributed by atoms with van der Waals surface area (Å²) in [7, 11) is 1.28. The predicted octanol–water partition coefficient (Wildman–Crippen LogP) is 3.10. The number of carbonyl (C=O) groups excluding carboxylic acids is 1. The van der Waals surface area contributed by atoms with Crippen molar-refractivity contribution in [2.24, 2.45) is 0 Å². The van der Waals surface area contributed by atoms with E-state index < -0.39 is 22.5 Å². The van der Waals surface area contributed by atoms with Crippen LogP contribution in [-0.2, 0) is 0 Å². The van der Waals surface area contributed by atoms with Gasteiger partial charge < -0.3 is 9.47 Å². The number of halogens is 2. The van der Waals surface area contributed by atoms with E-state index in [0.717, 1.165) is 24.3 Å². The van der Waals surface area contributed by atoms with E-state index in [1.54, 1.807) is 0 Å². The van der Waals surface area contributed by atoms with E-state index in [9.17, 15) is 23.7 Å². The molecular formula is C14H9F2NO5. The van der Waals surface area contributed by atoms with Gasteiger partial charge in [-0.2, -0.15) is 0 Å². The lowest BCUT2D eigenvalue weighted by Crippen LogP contribution is -2.10. The molecule has 2 aromatic rings. The van der Waals surface area contributed by atoms with Gasteiger partial charge in [0.05, 0.1) is 23.7 Å². The van der Waals surface area contributed by atoms with Gasteiger partial charge in [0, 0.05) is 12.1 Å². The number of carbonyl (C=O) groups is 1. The molecule has 0 aliphatic carbocycles. The number of nitro groups is 1. The van der Waals surface area contributed by atoms with Gasteiger partial charge in [0.25, 0.3) is 5.69 Å². The van der Waals surface area contributed by atoms with Crippen molar-refractivity contribution in [3.05, 3.63) is 63.7 Å². The Bertz CT molecular complexity index is 728. The van der Waals surface area contributed by atoms with Crippen LogP contribution in [0.1, 0.15) is 10.4 Å². The molecule has 0 spiro atoms. The van der Waals surface area contributed by atoms with Crippen molar-refractivity contribution in [3.8, 4) is 11.5 Å². The highest BCUT2D eigenvalue weighted by Gasteiger charge is 2.17. The van der Waals surface area contributed by atoms with Crippen LogP contribution in [0.2, 0.25) is 0 Å². The molecule has 114 valence electrons. The number of hydrogen-bond donors (Lipinski definition) is 0. The van der Waals surface area contributed by atoms with Crippen molar-refractivity contribution >= 4 is 11.7 Å². The number of methoxy groups -OCH3 is 1. The Morgan fingerprint density at radius 2 is 1.73 bits per heavy atom. The number of nitrogens with zero attached hydrogens (tertiary/aromatic N) is 1. The highest BCUT2D eigenvalue weighted by molar-refractivity contribution is 5.91. The third-order valence-electron chi connectivity index (χ3n) is 2.66. The van der Waals surface area contributed by atoms with Crippen LogP contribution in [0, 0.1) is 21.7 Å². The van der Waals surface area contributed by atoms with E-state index in [4.69, 9.17) is 9.47 Å². The van der Waals surface area contributed by atoms with Crippen LogP contribution >= 0.6 is 0 Å². The topological polar surface area (TPSA) is 78.7 Å². The van der Waals surface area contributed by atoms with Gasteiger partial charge in [0.15, 0.2) is 11.5 Å². The van der Waals surface area contributed by atoms with E-state index in [0.29, 0.717) is 6.07 Å². The summed E-state index contributed by atoms with van der Waals surface area (Å²) in [6.07, 6.45) is 0. The molecule has 0 saturated heterocycles. The maximum absolute atomic E-state index is 13.1. The number of rotatable bonds is 4. The number of nitro benzene ring substituents is 1. The summed E-state index contributed by atoms with van der Waals surface area (Å²) in [5.74, 6) is -3.13. The third kappa shape index (κ3) is 3.35. The Balaban J connectivity index is 2.34. The highest BCUT2D eigenvalue weighted by atomic mass is 19.1. The Morgan fingerprint density at radius 1 is 1.09 bits per heavy atom. The fraction of sp³-hybridized carbons (Fsp3) is 0.0714. The molecule has 0 aromatic heterocycles. The van der Waals surface area contributed by atoms with Crippen LogP contribution in [-0.4, -0.2) is 18.0 Å². The van der Waals surface area contributed by atoms with Crippen molar-refractivity contribution in [2.75, 3.05) is 7.11 Å². The lowest BCUT2D eigenvalue weighted by Gasteiger charge is -2.09. The van der Waals surface area contributed by atoms with Crippen molar-refractivity contribution in [1.82, 2.24) is 0 Å². The van der Waals surface area contributed by atoms with Gasteiger partial charge in [-0.25, -0.2) is 13.6 Å². The Hall–Kier alpha value is -3.03. The maximum Gasteiger partial charge on any atom is 0.343 e. The third-order valence-corrected chi connectivity index (χ3v) is 2.66. The fourth-order valence-electron chi connectivity index (χ4n) is 1.69. The second-order valence-electron chi connectivity index (χ2n) is 4.14. The highest BCUT2D eigenvalue weighted by Crippen LogP contribution is 2.31. The summed E-state index contributed by atoms with van der Waals surface area (Å²) in [6.45, 7) is 0. The standard InChI is InChI=1S/C14H9F2NO5/c1-21-12-3-2-11(17(19)20)7-13(12)22-14(18)8-4-9(15)6-10(16)5-8/h2-7H,1H3. The van der Waals surface area contributed by atoms with Crippen molar-refractivity contribution in [1.29, 1.82) is 0 Å². The van der Waals surface area contributed by atoms with E-state index in [1.165, 1.54) is 13.2 Å². The van der Waals surface area contributed by atoms with Crippen LogP contribution in [0.3, 0.4) is 0 Å². The summed E-state index contributed by atoms with van der Waals surface area (Å²) >= 11 is 0. The molecule has 2 rings (SSSR count). The first-order chi connectivity index (χ1) is 10.4. The molecule has 0 fully saturated rings. The molecule has 0 bridgehead atoms. The average molecular weight is 309 g/mol. The number of non-ortho nitro benzene ring substituents is 1. The molecular weight excluding hydrogens is 300 g/mol. The molecule has 8 heteroatoms. The van der Waals surface area contributed by atoms with Gasteiger partial charge in [0.2, 0.25) is 0 Å². The summed E-state index contributed by atoms with van der Waals surface area (Å²) in [5, 5.41) is 10.7. The number of ether oxygens (including phenoxy) is 2. The van der Waals surface area contributed by atoms with Gasteiger partial charge in [-0.1, -0.05) is 0 Å². The Kier molecular flexibility index (Phi) is 4.31. The molecule has 0 atom stereocenters. The molecule has 22 heavy (non-hydrogen) atoms. The largest absolute Gasteiger partial charge is 0.493 e. The van der Waals surface area contributed by atoms with Gasteiger partial charge in [-0.15, -0.1) is 0 Å². The first-order valence-corrected chi connectivity index (χ1v) is 5.91. The minimum Gasteiger partial charge on any atom is -0.493 e. The molecule has 0 saturated carbocycles. The van der Waals surface area contributed by atoms with Gasteiger partial charge in [-0.05, 0) is 18.2 Å². The zero-order valence-corrected chi connectivity index (χ0v) is 11.2. The fourth-order valence-corrected chi connectivity index (χ4v) is 1.69. The van der Waals surface area contributed by atoms with Gasteiger partial charge >= 0.3 is 5.97 Å². The SMILES string of the molecule is COc1ccc([N+](=O)[O-])cc1OC(=O)c1cc(F)cc(F)c1. The van der Waals surface area contributed by atoms with Crippen molar-refractivity contribution in [2.45, 2.75) is 0 Å². The van der Waals surface area contributed by atoms with Crippen molar-refractivity contribution in [3.63, 3.8) is 0 Å². The monoisotopic (exact) mass is 309 g/mol. The van der Waals surface area contributed by atoms with Crippen LogP contribution < -0.4 is 9.47 Å². The summed E-state index contributed by atoms with van der Waals surface area (Å²) in [5.41, 5.74) is -0.694. The van der Waals surface area contributed by atoms with Crippen LogP contribution in [0.15, 0.2) is 36.4 Å². The number of hydrogen-bond acceptors (Lipinski definition) is 5. The van der Waals surface area contributed by atoms with Gasteiger partial charge in [0.1, 0.15) is 11.6 Å². The molecule has 0 aliphatic rings. The maximum atomic E-state index is 13.1. The molecule has 0 unspecified atom stereocenters. The number of esters is 1. The van der Waals surface area contributed by atoms with E-state index in [1.807, 2.05) is 0 Å². The molecule has 0 radical (unpaired) electrons. The van der Waals surface area contributed by atoms with E-state index in [2.05, 4.69) is 0 Å². The first kappa shape index (κ1) is 15.4. The molecule has 2 aromatic carbocycles. The lowest BCUT2D eigenvalue weighted by molar-refractivity contribution is -0.384. The summed E-state index contributed by atoms with van der Waals surface area (Å²) in [4.78, 5) is 21.9. The smallest absolute Gasteiger partial charge is 0.343 e. The van der Waals surface area contributed by atoms with Gasteiger partial charge in [-0.3, -0.25) is 10.1 Å². The summed E-state index contributed by atoms with van der Waals surface area (Å²) < 4.78 is 36.0. The second-order valence-corrected chi connectivity index (χ2v) is 4.14. The normalized spacial score (nSPS) is 10.1. The average Bonchev–Trinajstić information content (AvgIpc) is 2.46. The zero-order valence-electron chi connectivity index (χ0n) is 11.2. The van der Waals surface area contributed by atoms with E-state index >= 15 is 0 Å².